The second kappa shape index (κ2) is 7.32. The molecule has 19 heavy (non-hydrogen) atoms. The molecule has 0 atom stereocenters. The van der Waals surface area contributed by atoms with Crippen LogP contribution in [0, 0.1) is 5.92 Å². The molecule has 0 bridgehead atoms. The summed E-state index contributed by atoms with van der Waals surface area (Å²) in [5, 5.41) is 13.3. The number of alkyl halides is 3. The Kier molecular flexibility index (Phi) is 6.07. The van der Waals surface area contributed by atoms with Crippen molar-refractivity contribution >= 4 is 6.01 Å². The zero-order valence-electron chi connectivity index (χ0n) is 11.0. The largest absolute Gasteiger partial charge is 0.407 e. The fourth-order valence-electron chi connectivity index (χ4n) is 1.35. The molecule has 0 aliphatic rings. The summed E-state index contributed by atoms with van der Waals surface area (Å²) in [4.78, 5) is 0. The van der Waals surface area contributed by atoms with Gasteiger partial charge in [-0.1, -0.05) is 18.9 Å². The van der Waals surface area contributed by atoms with Gasteiger partial charge in [-0.25, -0.2) is 0 Å². The van der Waals surface area contributed by atoms with Crippen LogP contribution in [-0.2, 0) is 6.54 Å². The molecule has 110 valence electrons. The number of hydrogen-bond acceptors (Lipinski definition) is 5. The van der Waals surface area contributed by atoms with Crippen molar-refractivity contribution in [3.05, 3.63) is 5.89 Å². The highest BCUT2D eigenvalue weighted by atomic mass is 19.4. The molecule has 0 aliphatic carbocycles. The smallest absolute Gasteiger partial charge is 0.389 e. The fourth-order valence-corrected chi connectivity index (χ4v) is 1.35. The molecule has 0 spiro atoms. The molecule has 1 heterocycles. The Hall–Kier alpha value is -1.31. The van der Waals surface area contributed by atoms with Crippen LogP contribution in [0.15, 0.2) is 4.42 Å². The molecule has 1 rings (SSSR count). The third-order valence-electron chi connectivity index (χ3n) is 2.21. The number of hydrogen-bond donors (Lipinski definition) is 2. The van der Waals surface area contributed by atoms with Gasteiger partial charge in [-0.2, -0.15) is 13.2 Å². The molecule has 5 nitrogen and oxygen atoms in total. The Labute approximate surface area is 110 Å². The highest BCUT2D eigenvalue weighted by molar-refractivity contribution is 5.16. The monoisotopic (exact) mass is 280 g/mol. The molecule has 2 N–H and O–H groups in total. The van der Waals surface area contributed by atoms with Crippen molar-refractivity contribution in [2.75, 3.05) is 18.4 Å². The van der Waals surface area contributed by atoms with Crippen LogP contribution in [-0.4, -0.2) is 29.5 Å². The van der Waals surface area contributed by atoms with Crippen LogP contribution in [0.1, 0.15) is 32.6 Å². The van der Waals surface area contributed by atoms with Crippen molar-refractivity contribution in [2.24, 2.45) is 5.92 Å². The minimum absolute atomic E-state index is 0.0210. The quantitative estimate of drug-likeness (QED) is 0.717. The van der Waals surface area contributed by atoms with Gasteiger partial charge in [-0.05, 0) is 18.9 Å². The van der Waals surface area contributed by atoms with Gasteiger partial charge in [0.2, 0.25) is 5.89 Å². The van der Waals surface area contributed by atoms with E-state index < -0.39 is 12.6 Å². The first-order valence-electron chi connectivity index (χ1n) is 6.20. The summed E-state index contributed by atoms with van der Waals surface area (Å²) in [5.74, 6) is 0.932. The predicted molar refractivity (Wildman–Crippen MR) is 64.6 cm³/mol. The van der Waals surface area contributed by atoms with Gasteiger partial charge >= 0.3 is 12.2 Å². The number of nitrogens with one attached hydrogen (secondary N) is 2. The molecule has 0 fully saturated rings. The molecule has 0 unspecified atom stereocenters. The van der Waals surface area contributed by atoms with Crippen LogP contribution in [0.3, 0.4) is 0 Å². The Bertz CT molecular complexity index is 365. The van der Waals surface area contributed by atoms with Gasteiger partial charge in [-0.3, -0.25) is 0 Å². The summed E-state index contributed by atoms with van der Waals surface area (Å²) in [7, 11) is 0. The number of rotatable bonds is 8. The van der Waals surface area contributed by atoms with E-state index >= 15 is 0 Å². The predicted octanol–water partition coefficient (Wildman–Crippen LogP) is 2.57. The minimum atomic E-state index is -4.12. The third-order valence-corrected chi connectivity index (χ3v) is 2.21. The van der Waals surface area contributed by atoms with Crippen LogP contribution < -0.4 is 10.6 Å². The molecule has 0 saturated carbocycles. The van der Waals surface area contributed by atoms with Crippen molar-refractivity contribution in [1.82, 2.24) is 15.5 Å². The van der Waals surface area contributed by atoms with Crippen molar-refractivity contribution in [3.63, 3.8) is 0 Å². The van der Waals surface area contributed by atoms with Crippen LogP contribution in [0.25, 0.3) is 0 Å². The number of anilines is 1. The lowest BCUT2D eigenvalue weighted by Crippen LogP contribution is -2.19. The molecule has 8 heteroatoms. The highest BCUT2D eigenvalue weighted by Gasteiger charge is 2.25. The van der Waals surface area contributed by atoms with Gasteiger partial charge in [0.1, 0.15) is 0 Å². The Morgan fingerprint density at radius 2 is 2.00 bits per heavy atom. The zero-order chi connectivity index (χ0) is 14.3. The molecule has 1 aromatic heterocycles. The van der Waals surface area contributed by atoms with Crippen LogP contribution >= 0.6 is 0 Å². The van der Waals surface area contributed by atoms with E-state index in [1.165, 1.54) is 0 Å². The lowest BCUT2D eigenvalue weighted by Gasteiger charge is -2.05. The third kappa shape index (κ3) is 7.66. The molecule has 1 aromatic rings. The van der Waals surface area contributed by atoms with Crippen LogP contribution in [0.4, 0.5) is 19.2 Å². The second-order valence-corrected chi connectivity index (χ2v) is 4.67. The summed E-state index contributed by atoms with van der Waals surface area (Å²) in [6.07, 6.45) is -4.97. The first kappa shape index (κ1) is 15.7. The number of aromatic nitrogens is 2. The highest BCUT2D eigenvalue weighted by Crippen LogP contribution is 2.21. The topological polar surface area (TPSA) is 63.0 Å². The average Bonchev–Trinajstić information content (AvgIpc) is 2.71. The molecule has 0 aromatic carbocycles. The molecule has 0 amide bonds. The van der Waals surface area contributed by atoms with Crippen LogP contribution in [0.5, 0.6) is 0 Å². The van der Waals surface area contributed by atoms with Crippen molar-refractivity contribution < 1.29 is 17.6 Å². The van der Waals surface area contributed by atoms with E-state index in [1.807, 2.05) is 0 Å². The van der Waals surface area contributed by atoms with Gasteiger partial charge in [0.25, 0.3) is 0 Å². The number of nitrogens with zero attached hydrogens (tertiary/aromatic N) is 2. The maximum Gasteiger partial charge on any atom is 0.389 e. The lowest BCUT2D eigenvalue weighted by atomic mass is 10.2. The van der Waals surface area contributed by atoms with Crippen molar-refractivity contribution in [3.8, 4) is 0 Å². The van der Waals surface area contributed by atoms with Crippen molar-refractivity contribution in [1.29, 1.82) is 0 Å². The minimum Gasteiger partial charge on any atom is -0.407 e. The Morgan fingerprint density at radius 1 is 1.26 bits per heavy atom. The molecule has 0 aliphatic heterocycles. The average molecular weight is 280 g/mol. The summed E-state index contributed by atoms with van der Waals surface area (Å²) in [6, 6.07) is 0.156. The van der Waals surface area contributed by atoms with Gasteiger partial charge in [0, 0.05) is 13.0 Å². The summed E-state index contributed by atoms with van der Waals surface area (Å²) in [5.41, 5.74) is 0. The zero-order valence-corrected chi connectivity index (χ0v) is 11.0. The second-order valence-electron chi connectivity index (χ2n) is 4.67. The van der Waals surface area contributed by atoms with E-state index in [1.54, 1.807) is 0 Å². The summed E-state index contributed by atoms with van der Waals surface area (Å²) < 4.78 is 40.9. The Morgan fingerprint density at radius 3 is 2.63 bits per heavy atom. The van der Waals surface area contributed by atoms with Gasteiger partial charge in [0.05, 0.1) is 6.54 Å². The molecule has 0 radical (unpaired) electrons. The van der Waals surface area contributed by atoms with E-state index in [2.05, 4.69) is 34.7 Å². The number of halogens is 3. The molecular weight excluding hydrogens is 261 g/mol. The summed E-state index contributed by atoms with van der Waals surface area (Å²) in [6.45, 7) is 5.59. The standard InChI is InChI=1S/C11H19F3N4O/c1-8(2)6-15-7-9-17-18-10(19-9)16-5-3-4-11(12,13)14/h8,15H,3-7H2,1-2H3,(H,16,18). The van der Waals surface area contributed by atoms with Crippen LogP contribution in [0.2, 0.25) is 0 Å². The first-order chi connectivity index (χ1) is 8.87. The van der Waals surface area contributed by atoms with Crippen molar-refractivity contribution in [2.45, 2.75) is 39.4 Å². The summed E-state index contributed by atoms with van der Waals surface area (Å²) >= 11 is 0. The van der Waals surface area contributed by atoms with Gasteiger partial charge in [-0.15, -0.1) is 5.10 Å². The molecular formula is C11H19F3N4O. The lowest BCUT2D eigenvalue weighted by molar-refractivity contribution is -0.134. The fraction of sp³-hybridized carbons (Fsp3) is 0.818. The first-order valence-corrected chi connectivity index (χ1v) is 6.20. The van der Waals surface area contributed by atoms with E-state index in [9.17, 15) is 13.2 Å². The Balaban J connectivity index is 2.19. The van der Waals surface area contributed by atoms with Gasteiger partial charge in [0.15, 0.2) is 0 Å². The normalized spacial score (nSPS) is 12.1. The van der Waals surface area contributed by atoms with Gasteiger partial charge < -0.3 is 15.1 Å². The molecule has 0 saturated heterocycles. The van der Waals surface area contributed by atoms with E-state index in [0.29, 0.717) is 18.4 Å². The maximum absolute atomic E-state index is 11.9. The van der Waals surface area contributed by atoms with E-state index in [4.69, 9.17) is 4.42 Å². The maximum atomic E-state index is 11.9. The van der Waals surface area contributed by atoms with E-state index in [-0.39, 0.29) is 19.0 Å². The SMILES string of the molecule is CC(C)CNCc1nnc(NCCCC(F)(F)F)o1. The van der Waals surface area contributed by atoms with E-state index in [0.717, 1.165) is 6.54 Å².